The van der Waals surface area contributed by atoms with Crippen LogP contribution in [-0.4, -0.2) is 6.61 Å². The Hall–Kier alpha value is -3.26. The highest BCUT2D eigenvalue weighted by Gasteiger charge is 2.26. The molecule has 0 fully saturated rings. The lowest BCUT2D eigenvalue weighted by atomic mass is 9.74. The summed E-state index contributed by atoms with van der Waals surface area (Å²) in [5.41, 5.74) is 2.54. The largest absolute Gasteiger partial charge is 0.490 e. The monoisotopic (exact) mass is 412 g/mol. The fourth-order valence-corrected chi connectivity index (χ4v) is 3.92. The summed E-state index contributed by atoms with van der Waals surface area (Å²) in [6.45, 7) is 10.6. The van der Waals surface area contributed by atoms with Crippen LogP contribution in [0.4, 0.5) is 0 Å². The van der Waals surface area contributed by atoms with E-state index < -0.39 is 0 Å². The van der Waals surface area contributed by atoms with Gasteiger partial charge in [-0.25, -0.2) is 0 Å². The zero-order valence-corrected chi connectivity index (χ0v) is 18.4. The van der Waals surface area contributed by atoms with Crippen molar-refractivity contribution in [1.82, 2.24) is 0 Å². The number of rotatable bonds is 12. The lowest BCUT2D eigenvalue weighted by Gasteiger charge is -2.30. The maximum atomic E-state index is 5.98. The van der Waals surface area contributed by atoms with Crippen LogP contribution in [0.25, 0.3) is 0 Å². The summed E-state index contributed by atoms with van der Waals surface area (Å²) in [4.78, 5) is 0. The van der Waals surface area contributed by atoms with Crippen molar-refractivity contribution in [1.29, 1.82) is 0 Å². The fraction of sp³-hybridized carbons (Fsp3) is 0.241. The van der Waals surface area contributed by atoms with Crippen LogP contribution in [0, 0.1) is 0 Å². The molecule has 2 nitrogen and oxygen atoms in total. The van der Waals surface area contributed by atoms with E-state index in [9.17, 15) is 0 Å². The van der Waals surface area contributed by atoms with Gasteiger partial charge in [-0.2, -0.15) is 0 Å². The van der Waals surface area contributed by atoms with Gasteiger partial charge in [0.2, 0.25) is 0 Å². The molecule has 0 saturated heterocycles. The summed E-state index contributed by atoms with van der Waals surface area (Å²) in [5.74, 6) is 2.61. The van der Waals surface area contributed by atoms with E-state index in [1.165, 1.54) is 11.1 Å². The Labute approximate surface area is 186 Å². The Bertz CT molecular complexity index is 960. The van der Waals surface area contributed by atoms with E-state index in [4.69, 9.17) is 9.47 Å². The van der Waals surface area contributed by atoms with Crippen molar-refractivity contribution in [2.45, 2.75) is 38.0 Å². The second-order valence-electron chi connectivity index (χ2n) is 7.75. The molecule has 0 radical (unpaired) electrons. The molecule has 0 aliphatic carbocycles. The van der Waals surface area contributed by atoms with Crippen LogP contribution in [0.3, 0.4) is 0 Å². The van der Waals surface area contributed by atoms with Crippen molar-refractivity contribution in [3.63, 3.8) is 0 Å². The van der Waals surface area contributed by atoms with Crippen molar-refractivity contribution >= 4 is 0 Å². The molecule has 0 N–H and O–H groups in total. The summed E-state index contributed by atoms with van der Waals surface area (Å²) in [7, 11) is 0. The van der Waals surface area contributed by atoms with Crippen LogP contribution in [0.5, 0.6) is 17.2 Å². The van der Waals surface area contributed by atoms with Crippen LogP contribution in [0.2, 0.25) is 0 Å². The minimum atomic E-state index is -0.0326. The van der Waals surface area contributed by atoms with E-state index in [1.807, 2.05) is 48.5 Å². The zero-order chi connectivity index (χ0) is 21.9. The third kappa shape index (κ3) is 6.11. The average Bonchev–Trinajstić information content (AvgIpc) is 2.82. The number of hydrogen-bond acceptors (Lipinski definition) is 2. The summed E-state index contributed by atoms with van der Waals surface area (Å²) < 4.78 is 11.6. The summed E-state index contributed by atoms with van der Waals surface area (Å²) in [6, 6.07) is 26.7. The Kier molecular flexibility index (Phi) is 8.12. The first kappa shape index (κ1) is 22.4. The van der Waals surface area contributed by atoms with Gasteiger partial charge >= 0.3 is 0 Å². The van der Waals surface area contributed by atoms with Crippen molar-refractivity contribution in [3.8, 4) is 17.2 Å². The van der Waals surface area contributed by atoms with Gasteiger partial charge in [-0.05, 0) is 73.2 Å². The van der Waals surface area contributed by atoms with Gasteiger partial charge in [0.05, 0.1) is 0 Å². The van der Waals surface area contributed by atoms with Crippen LogP contribution >= 0.6 is 0 Å². The number of ether oxygens (including phenoxy) is 2. The highest BCUT2D eigenvalue weighted by molar-refractivity contribution is 5.36. The molecule has 0 aromatic heterocycles. The molecule has 3 rings (SSSR count). The molecule has 3 aromatic rings. The Morgan fingerprint density at radius 3 is 2.26 bits per heavy atom. The third-order valence-electron chi connectivity index (χ3n) is 5.78. The van der Waals surface area contributed by atoms with Crippen LogP contribution in [0.15, 0.2) is 104 Å². The number of para-hydroxylation sites is 1. The molecule has 3 aromatic carbocycles. The molecule has 0 bridgehead atoms. The van der Waals surface area contributed by atoms with E-state index in [-0.39, 0.29) is 5.41 Å². The second-order valence-corrected chi connectivity index (χ2v) is 7.75. The maximum absolute atomic E-state index is 5.98. The van der Waals surface area contributed by atoms with E-state index in [0.717, 1.165) is 42.9 Å². The van der Waals surface area contributed by atoms with E-state index in [2.05, 4.69) is 56.5 Å². The molecule has 0 amide bonds. The van der Waals surface area contributed by atoms with Gasteiger partial charge in [0.15, 0.2) is 0 Å². The van der Waals surface area contributed by atoms with Crippen molar-refractivity contribution < 1.29 is 9.47 Å². The minimum absolute atomic E-state index is 0.0326. The van der Waals surface area contributed by atoms with E-state index >= 15 is 0 Å². The van der Waals surface area contributed by atoms with Gasteiger partial charge in [-0.1, -0.05) is 68.1 Å². The summed E-state index contributed by atoms with van der Waals surface area (Å²) >= 11 is 0. The summed E-state index contributed by atoms with van der Waals surface area (Å²) in [6.07, 6.45) is 8.01. The molecule has 0 saturated carbocycles. The van der Waals surface area contributed by atoms with Gasteiger partial charge in [0, 0.05) is 5.41 Å². The fourth-order valence-electron chi connectivity index (χ4n) is 3.92. The molecule has 1 atom stereocenters. The highest BCUT2D eigenvalue weighted by atomic mass is 16.5. The molecule has 0 spiro atoms. The Morgan fingerprint density at radius 1 is 0.839 bits per heavy atom. The molecular formula is C29H32O2. The van der Waals surface area contributed by atoms with Crippen molar-refractivity contribution in [2.24, 2.45) is 0 Å². The molecule has 2 heteroatoms. The lowest BCUT2D eigenvalue weighted by Crippen LogP contribution is -2.22. The first-order valence-corrected chi connectivity index (χ1v) is 11.0. The quantitative estimate of drug-likeness (QED) is 0.281. The van der Waals surface area contributed by atoms with Gasteiger partial charge in [0.1, 0.15) is 23.9 Å². The first-order chi connectivity index (χ1) is 15.2. The standard InChI is InChI=1S/C29H32O2/c1-4-22-30-26-19-17-25(18-20-26)29(5-2,6-3)21-11-13-24-12-10-16-28(23-24)31-27-14-8-7-9-15-27/h4-5,7-10,12,14-20,23H,1-2,6,11,13,21-22H2,3H3. The molecular weight excluding hydrogens is 380 g/mol. The van der Waals surface area contributed by atoms with Gasteiger partial charge in [-0.15, -0.1) is 6.58 Å². The molecule has 0 aliphatic rings. The third-order valence-corrected chi connectivity index (χ3v) is 5.78. The van der Waals surface area contributed by atoms with Crippen LogP contribution < -0.4 is 9.47 Å². The van der Waals surface area contributed by atoms with E-state index in [1.54, 1.807) is 6.08 Å². The predicted octanol–water partition coefficient (Wildman–Crippen LogP) is 7.90. The van der Waals surface area contributed by atoms with Crippen molar-refractivity contribution in [2.75, 3.05) is 6.61 Å². The predicted molar refractivity (Wildman–Crippen MR) is 130 cm³/mol. The number of hydrogen-bond donors (Lipinski definition) is 0. The summed E-state index contributed by atoms with van der Waals surface area (Å²) in [5, 5.41) is 0. The minimum Gasteiger partial charge on any atom is -0.490 e. The van der Waals surface area contributed by atoms with Gasteiger partial charge in [-0.3, -0.25) is 0 Å². The zero-order valence-electron chi connectivity index (χ0n) is 18.4. The van der Waals surface area contributed by atoms with Crippen LogP contribution in [-0.2, 0) is 11.8 Å². The molecule has 0 aliphatic heterocycles. The number of allylic oxidation sites excluding steroid dienone is 1. The molecule has 160 valence electrons. The molecule has 1 unspecified atom stereocenters. The number of benzene rings is 3. The Morgan fingerprint density at radius 2 is 1.58 bits per heavy atom. The highest BCUT2D eigenvalue weighted by Crippen LogP contribution is 2.36. The second kappa shape index (κ2) is 11.2. The smallest absolute Gasteiger partial charge is 0.127 e. The SMILES string of the molecule is C=CCOc1ccc(C(C=C)(CC)CCCc2cccc(Oc3ccccc3)c2)cc1. The first-order valence-electron chi connectivity index (χ1n) is 11.0. The lowest BCUT2D eigenvalue weighted by molar-refractivity contribution is 0.362. The van der Waals surface area contributed by atoms with Crippen LogP contribution in [0.1, 0.15) is 37.3 Å². The topological polar surface area (TPSA) is 18.5 Å². The van der Waals surface area contributed by atoms with E-state index in [0.29, 0.717) is 6.61 Å². The molecule has 0 heterocycles. The van der Waals surface area contributed by atoms with Gasteiger partial charge < -0.3 is 9.47 Å². The molecule has 31 heavy (non-hydrogen) atoms. The normalized spacial score (nSPS) is 12.5. The van der Waals surface area contributed by atoms with Gasteiger partial charge in [0.25, 0.3) is 0 Å². The number of aryl methyl sites for hydroxylation is 1. The van der Waals surface area contributed by atoms with Crippen molar-refractivity contribution in [3.05, 3.63) is 115 Å². The average molecular weight is 413 g/mol. The maximum Gasteiger partial charge on any atom is 0.127 e. The Balaban J connectivity index is 1.63.